The van der Waals surface area contributed by atoms with Gasteiger partial charge in [0, 0.05) is 6.54 Å². The van der Waals surface area contributed by atoms with Crippen molar-refractivity contribution in [2.24, 2.45) is 5.92 Å². The van der Waals surface area contributed by atoms with Gasteiger partial charge in [0.25, 0.3) is 0 Å². The summed E-state index contributed by atoms with van der Waals surface area (Å²) in [5.74, 6) is -1.71. The Kier molecular flexibility index (Phi) is 7.28. The summed E-state index contributed by atoms with van der Waals surface area (Å²) in [6.07, 6.45) is 0.718. The smallest absolute Gasteiger partial charge is 0.306 e. The number of rotatable bonds is 9. The quantitative estimate of drug-likeness (QED) is 0.443. The summed E-state index contributed by atoms with van der Waals surface area (Å²) in [7, 11) is -3.55. The lowest BCUT2D eigenvalue weighted by atomic mass is 10.0. The summed E-state index contributed by atoms with van der Waals surface area (Å²) in [5.41, 5.74) is -1.60. The van der Waals surface area contributed by atoms with Crippen LogP contribution in [0.15, 0.2) is 0 Å². The molecule has 0 radical (unpaired) electrons. The molecule has 21 heavy (non-hydrogen) atoms. The molecule has 0 aliphatic carbocycles. The third-order valence-electron chi connectivity index (χ3n) is 2.56. The number of amides is 1. The van der Waals surface area contributed by atoms with Crippen molar-refractivity contribution in [3.63, 3.8) is 0 Å². The minimum absolute atomic E-state index is 0.0783. The standard InChI is InChI=1S/C12H24N2O6S/c1-8(2)5-9(14-21(4,19)20)11(17)13-7-12(3,18)6-10(15)16/h8-9,14,18H,5-7H2,1-4H3,(H,13,17)(H,15,16). The van der Waals surface area contributed by atoms with Crippen molar-refractivity contribution in [2.45, 2.75) is 45.3 Å². The molecule has 4 N–H and O–H groups in total. The van der Waals surface area contributed by atoms with Crippen LogP contribution in [0.2, 0.25) is 0 Å². The second-order valence-electron chi connectivity index (χ2n) is 5.86. The van der Waals surface area contributed by atoms with Gasteiger partial charge in [0.15, 0.2) is 0 Å². The summed E-state index contributed by atoms with van der Waals surface area (Å²) in [6.45, 7) is 4.68. The number of nitrogens with one attached hydrogen (secondary N) is 2. The van der Waals surface area contributed by atoms with Gasteiger partial charge in [-0.1, -0.05) is 13.8 Å². The van der Waals surface area contributed by atoms with Gasteiger partial charge in [0.05, 0.1) is 18.3 Å². The SMILES string of the molecule is CC(C)CC(NS(C)(=O)=O)C(=O)NCC(C)(O)CC(=O)O. The second kappa shape index (κ2) is 7.71. The van der Waals surface area contributed by atoms with E-state index in [1.165, 1.54) is 6.92 Å². The monoisotopic (exact) mass is 324 g/mol. The van der Waals surface area contributed by atoms with Crippen LogP contribution in [-0.2, 0) is 19.6 Å². The number of carbonyl (C=O) groups is 2. The van der Waals surface area contributed by atoms with E-state index in [1.54, 1.807) is 0 Å². The lowest BCUT2D eigenvalue weighted by Crippen LogP contribution is -2.51. The summed E-state index contributed by atoms with van der Waals surface area (Å²) in [4.78, 5) is 22.6. The van der Waals surface area contributed by atoms with Crippen LogP contribution in [0, 0.1) is 5.92 Å². The molecule has 8 nitrogen and oxygen atoms in total. The Balaban J connectivity index is 4.71. The predicted molar refractivity (Wildman–Crippen MR) is 77.1 cm³/mol. The molecule has 0 spiro atoms. The van der Waals surface area contributed by atoms with Gasteiger partial charge in [-0.3, -0.25) is 9.59 Å². The number of carboxylic acid groups (broad SMARTS) is 1. The van der Waals surface area contributed by atoms with Crippen LogP contribution >= 0.6 is 0 Å². The van der Waals surface area contributed by atoms with Gasteiger partial charge >= 0.3 is 5.97 Å². The maximum Gasteiger partial charge on any atom is 0.306 e. The molecule has 9 heteroatoms. The Bertz CT molecular complexity index is 472. The molecule has 0 aromatic rings. The summed E-state index contributed by atoms with van der Waals surface area (Å²) in [6, 6.07) is -0.958. The maximum absolute atomic E-state index is 12.0. The molecule has 0 saturated heterocycles. The Hall–Kier alpha value is -1.19. The lowest BCUT2D eigenvalue weighted by molar-refractivity contribution is -0.142. The highest BCUT2D eigenvalue weighted by Crippen LogP contribution is 2.09. The molecule has 1 amide bonds. The summed E-state index contributed by atoms with van der Waals surface area (Å²) in [5, 5.41) is 20.8. The highest BCUT2D eigenvalue weighted by Gasteiger charge is 2.28. The zero-order valence-corrected chi connectivity index (χ0v) is 13.5. The molecule has 2 atom stereocenters. The van der Waals surface area contributed by atoms with Crippen LogP contribution in [0.5, 0.6) is 0 Å². The Morgan fingerprint density at radius 1 is 1.29 bits per heavy atom. The molecule has 0 rings (SSSR count). The first-order valence-corrected chi connectivity index (χ1v) is 8.41. The van der Waals surface area contributed by atoms with E-state index in [0.29, 0.717) is 6.42 Å². The molecule has 0 aromatic carbocycles. The first-order chi connectivity index (χ1) is 9.32. The Morgan fingerprint density at radius 3 is 2.19 bits per heavy atom. The number of carboxylic acids is 1. The van der Waals surface area contributed by atoms with Crippen LogP contribution in [0.1, 0.15) is 33.6 Å². The summed E-state index contributed by atoms with van der Waals surface area (Å²) < 4.78 is 24.7. The molecule has 124 valence electrons. The molecule has 0 aliphatic rings. The van der Waals surface area contributed by atoms with Crippen molar-refractivity contribution >= 4 is 21.9 Å². The van der Waals surface area contributed by atoms with Crippen LogP contribution in [0.4, 0.5) is 0 Å². The number of sulfonamides is 1. The molecule has 0 fully saturated rings. The van der Waals surface area contributed by atoms with Crippen molar-refractivity contribution in [1.82, 2.24) is 10.0 Å². The van der Waals surface area contributed by atoms with E-state index in [0.717, 1.165) is 6.26 Å². The van der Waals surface area contributed by atoms with Crippen molar-refractivity contribution in [2.75, 3.05) is 12.8 Å². The number of aliphatic hydroxyl groups is 1. The number of hydrogen-bond acceptors (Lipinski definition) is 5. The first-order valence-electron chi connectivity index (χ1n) is 6.51. The van der Waals surface area contributed by atoms with Crippen molar-refractivity contribution in [3.8, 4) is 0 Å². The Morgan fingerprint density at radius 2 is 1.81 bits per heavy atom. The largest absolute Gasteiger partial charge is 0.481 e. The predicted octanol–water partition coefficient (Wildman–Crippen LogP) is -0.708. The van der Waals surface area contributed by atoms with E-state index in [2.05, 4.69) is 10.0 Å². The molecule has 0 saturated carbocycles. The highest BCUT2D eigenvalue weighted by atomic mass is 32.2. The molecule has 0 aromatic heterocycles. The van der Waals surface area contributed by atoms with Gasteiger partial charge in [-0.15, -0.1) is 0 Å². The van der Waals surface area contributed by atoms with E-state index >= 15 is 0 Å². The zero-order valence-electron chi connectivity index (χ0n) is 12.7. The zero-order chi connectivity index (χ0) is 16.8. The van der Waals surface area contributed by atoms with Gasteiger partial charge in [-0.2, -0.15) is 0 Å². The lowest BCUT2D eigenvalue weighted by Gasteiger charge is -2.24. The van der Waals surface area contributed by atoms with E-state index < -0.39 is 40.0 Å². The molecule has 2 unspecified atom stereocenters. The van der Waals surface area contributed by atoms with E-state index in [4.69, 9.17) is 5.11 Å². The summed E-state index contributed by atoms with van der Waals surface area (Å²) >= 11 is 0. The first kappa shape index (κ1) is 19.8. The molecule has 0 aliphatic heterocycles. The fourth-order valence-electron chi connectivity index (χ4n) is 1.73. The minimum atomic E-state index is -3.55. The Labute approximate surface area is 125 Å². The van der Waals surface area contributed by atoms with E-state index in [9.17, 15) is 23.1 Å². The van der Waals surface area contributed by atoms with E-state index in [1.807, 2.05) is 13.8 Å². The number of hydrogen-bond donors (Lipinski definition) is 4. The van der Waals surface area contributed by atoms with E-state index in [-0.39, 0.29) is 12.5 Å². The highest BCUT2D eigenvalue weighted by molar-refractivity contribution is 7.88. The maximum atomic E-state index is 12.0. The normalized spacial score (nSPS) is 16.3. The fourth-order valence-corrected chi connectivity index (χ4v) is 2.45. The van der Waals surface area contributed by atoms with Crippen molar-refractivity contribution in [3.05, 3.63) is 0 Å². The minimum Gasteiger partial charge on any atom is -0.481 e. The van der Waals surface area contributed by atoms with Crippen LogP contribution in [-0.4, -0.2) is 55.0 Å². The fraction of sp³-hybridized carbons (Fsp3) is 0.833. The van der Waals surface area contributed by atoms with Gasteiger partial charge in [-0.05, 0) is 19.3 Å². The molecular formula is C12H24N2O6S. The van der Waals surface area contributed by atoms with Crippen LogP contribution < -0.4 is 10.0 Å². The third-order valence-corrected chi connectivity index (χ3v) is 3.27. The number of carbonyl (C=O) groups excluding carboxylic acids is 1. The van der Waals surface area contributed by atoms with Gasteiger partial charge in [0.1, 0.15) is 6.04 Å². The number of aliphatic carboxylic acids is 1. The molecule has 0 bridgehead atoms. The van der Waals surface area contributed by atoms with Crippen molar-refractivity contribution < 1.29 is 28.2 Å². The average molecular weight is 324 g/mol. The van der Waals surface area contributed by atoms with Gasteiger partial charge < -0.3 is 15.5 Å². The molecular weight excluding hydrogens is 300 g/mol. The topological polar surface area (TPSA) is 133 Å². The van der Waals surface area contributed by atoms with Crippen molar-refractivity contribution in [1.29, 1.82) is 0 Å². The van der Waals surface area contributed by atoms with Crippen LogP contribution in [0.3, 0.4) is 0 Å². The van der Waals surface area contributed by atoms with Gasteiger partial charge in [0.2, 0.25) is 15.9 Å². The van der Waals surface area contributed by atoms with Crippen LogP contribution in [0.25, 0.3) is 0 Å². The third kappa shape index (κ3) is 10.2. The second-order valence-corrected chi connectivity index (χ2v) is 7.64. The average Bonchev–Trinajstić information content (AvgIpc) is 2.20. The molecule has 0 heterocycles. The van der Waals surface area contributed by atoms with Gasteiger partial charge in [-0.25, -0.2) is 13.1 Å².